The summed E-state index contributed by atoms with van der Waals surface area (Å²) >= 11 is 1.44. The Balaban J connectivity index is 0.00000132. The summed E-state index contributed by atoms with van der Waals surface area (Å²) in [6.07, 6.45) is -0.775. The molecule has 0 aliphatic heterocycles. The van der Waals surface area contributed by atoms with Crippen molar-refractivity contribution in [1.29, 1.82) is 0 Å². The van der Waals surface area contributed by atoms with E-state index in [-0.39, 0.29) is 18.8 Å². The molecule has 0 saturated heterocycles. The number of allylic oxidation sites excluding steroid dienone is 1. The Morgan fingerprint density at radius 3 is 2.18 bits per heavy atom. The van der Waals surface area contributed by atoms with Gasteiger partial charge in [-0.3, -0.25) is 0 Å². The Morgan fingerprint density at radius 1 is 1.12 bits per heavy atom. The van der Waals surface area contributed by atoms with Crippen LogP contribution in [0, 0.1) is 0 Å². The largest absolute Gasteiger partial charge is 0.497 e. The molecule has 2 aromatic heterocycles. The number of nitrogens with zero attached hydrogens (tertiary/aromatic N) is 3. The van der Waals surface area contributed by atoms with Crippen molar-refractivity contribution in [1.82, 2.24) is 14.6 Å². The Hall–Kier alpha value is -2.52. The fourth-order valence-electron chi connectivity index (χ4n) is 2.46. The number of rotatable bonds is 6. The number of benzene rings is 1. The van der Waals surface area contributed by atoms with Gasteiger partial charge in [0.05, 0.1) is 12.8 Å². The van der Waals surface area contributed by atoms with Gasteiger partial charge < -0.3 is 9.47 Å². The summed E-state index contributed by atoms with van der Waals surface area (Å²) in [5.41, 5.74) is 0.179. The van der Waals surface area contributed by atoms with Crippen LogP contribution in [0.4, 0.5) is 13.2 Å². The molecule has 0 radical (unpaired) electrons. The molecular formula is C24H34F3N3O2S. The standard InChI is InChI=1S/C18H18F3N3OS.C3H6.C2H6O.CH4/c1-3-4-9-26-17-11-16-22-14(12-5-7-13(25-2)8-6-12)10-15(18(19,20)21)24(16)23-17;2*1-3-2;/h5-8,10-11H,3-4,9H2,1-2H3;3H,1H2,2H3;1-2H3;1H4. The van der Waals surface area contributed by atoms with Crippen LogP contribution in [0.15, 0.2) is 54.1 Å². The molecule has 0 fully saturated rings. The molecule has 9 heteroatoms. The van der Waals surface area contributed by atoms with Gasteiger partial charge in [-0.05, 0) is 49.4 Å². The van der Waals surface area contributed by atoms with Crippen LogP contribution in [0.2, 0.25) is 0 Å². The molecule has 0 saturated carbocycles. The van der Waals surface area contributed by atoms with Crippen molar-refractivity contribution in [3.8, 4) is 17.0 Å². The van der Waals surface area contributed by atoms with Gasteiger partial charge in [-0.15, -0.1) is 18.3 Å². The first-order valence-corrected chi connectivity index (χ1v) is 11.0. The van der Waals surface area contributed by atoms with Crippen molar-refractivity contribution < 1.29 is 22.6 Å². The lowest BCUT2D eigenvalue weighted by Gasteiger charge is -2.11. The molecule has 0 amide bonds. The second-order valence-corrected chi connectivity index (χ2v) is 7.64. The number of hydrogen-bond acceptors (Lipinski definition) is 5. The Bertz CT molecular complexity index is 958. The lowest BCUT2D eigenvalue weighted by atomic mass is 10.1. The van der Waals surface area contributed by atoms with Crippen LogP contribution in [-0.2, 0) is 10.9 Å². The number of fused-ring (bicyclic) bond motifs is 1. The molecule has 3 aromatic rings. The zero-order valence-electron chi connectivity index (χ0n) is 19.1. The van der Waals surface area contributed by atoms with Gasteiger partial charge in [0.25, 0.3) is 0 Å². The molecule has 0 atom stereocenters. The normalized spacial score (nSPS) is 10.3. The van der Waals surface area contributed by atoms with E-state index in [0.29, 0.717) is 16.3 Å². The minimum Gasteiger partial charge on any atom is -0.497 e. The number of hydrogen-bond donors (Lipinski definition) is 0. The molecule has 184 valence electrons. The third-order valence-electron chi connectivity index (χ3n) is 3.83. The summed E-state index contributed by atoms with van der Waals surface area (Å²) in [5.74, 6) is 1.44. The number of unbranched alkanes of at least 4 members (excludes halogenated alkanes) is 1. The van der Waals surface area contributed by atoms with Gasteiger partial charge in [0.15, 0.2) is 11.3 Å². The molecule has 2 heterocycles. The van der Waals surface area contributed by atoms with E-state index in [1.807, 2.05) is 6.92 Å². The number of thioether (sulfide) groups is 1. The van der Waals surface area contributed by atoms with E-state index in [4.69, 9.17) is 4.74 Å². The number of methoxy groups -OCH3 is 2. The predicted molar refractivity (Wildman–Crippen MR) is 131 cm³/mol. The number of ether oxygens (including phenoxy) is 2. The van der Waals surface area contributed by atoms with Crippen molar-refractivity contribution >= 4 is 17.4 Å². The van der Waals surface area contributed by atoms with Crippen LogP contribution < -0.4 is 4.74 Å². The van der Waals surface area contributed by atoms with Gasteiger partial charge in [0.1, 0.15) is 10.8 Å². The van der Waals surface area contributed by atoms with Gasteiger partial charge in [-0.25, -0.2) is 9.50 Å². The first-order valence-electron chi connectivity index (χ1n) is 9.98. The summed E-state index contributed by atoms with van der Waals surface area (Å²) in [5, 5.41) is 4.63. The molecular weight excluding hydrogens is 451 g/mol. The molecule has 0 aliphatic rings. The fourth-order valence-corrected chi connectivity index (χ4v) is 3.43. The zero-order valence-corrected chi connectivity index (χ0v) is 19.9. The number of aromatic nitrogens is 3. The average molecular weight is 486 g/mol. The maximum absolute atomic E-state index is 13.5. The highest BCUT2D eigenvalue weighted by Gasteiger charge is 2.35. The van der Waals surface area contributed by atoms with Crippen molar-refractivity contribution in [3.63, 3.8) is 0 Å². The quantitative estimate of drug-likeness (QED) is 0.207. The topological polar surface area (TPSA) is 48.7 Å². The molecule has 0 aliphatic carbocycles. The SMILES string of the molecule is C.C=CC.CCCCSc1cc2nc(-c3ccc(OC)cc3)cc(C(F)(F)F)n2n1.COC. The fraction of sp³-hybridized carbons (Fsp3) is 0.417. The van der Waals surface area contributed by atoms with Crippen molar-refractivity contribution in [3.05, 3.63) is 54.7 Å². The number of halogens is 3. The third-order valence-corrected chi connectivity index (χ3v) is 4.82. The van der Waals surface area contributed by atoms with Crippen LogP contribution in [-0.4, -0.2) is 41.7 Å². The molecule has 3 rings (SSSR count). The highest BCUT2D eigenvalue weighted by atomic mass is 32.2. The first-order chi connectivity index (χ1) is 15.2. The highest BCUT2D eigenvalue weighted by Crippen LogP contribution is 2.33. The van der Waals surface area contributed by atoms with Crippen molar-refractivity contribution in [2.75, 3.05) is 27.1 Å². The van der Waals surface area contributed by atoms with Gasteiger partial charge in [-0.2, -0.15) is 18.3 Å². The van der Waals surface area contributed by atoms with E-state index in [0.717, 1.165) is 29.2 Å². The Morgan fingerprint density at radius 2 is 1.70 bits per heavy atom. The van der Waals surface area contributed by atoms with Gasteiger partial charge in [-0.1, -0.05) is 26.8 Å². The lowest BCUT2D eigenvalue weighted by Crippen LogP contribution is -2.13. The summed E-state index contributed by atoms with van der Waals surface area (Å²) < 4.78 is 50.8. The minimum atomic E-state index is -4.53. The minimum absolute atomic E-state index is 0. The van der Waals surface area contributed by atoms with E-state index in [2.05, 4.69) is 28.3 Å². The zero-order chi connectivity index (χ0) is 24.1. The smallest absolute Gasteiger partial charge is 0.433 e. The van der Waals surface area contributed by atoms with Crippen LogP contribution in [0.5, 0.6) is 5.75 Å². The molecule has 0 unspecified atom stereocenters. The Labute approximate surface area is 199 Å². The summed E-state index contributed by atoms with van der Waals surface area (Å²) in [7, 11) is 4.78. The van der Waals surface area contributed by atoms with Crippen molar-refractivity contribution in [2.45, 2.75) is 45.3 Å². The summed E-state index contributed by atoms with van der Waals surface area (Å²) in [6, 6.07) is 9.38. The van der Waals surface area contributed by atoms with Gasteiger partial charge >= 0.3 is 6.18 Å². The van der Waals surface area contributed by atoms with Crippen LogP contribution in [0.1, 0.15) is 39.8 Å². The predicted octanol–water partition coefficient (Wildman–Crippen LogP) is 7.41. The van der Waals surface area contributed by atoms with Crippen LogP contribution in [0.25, 0.3) is 16.9 Å². The van der Waals surface area contributed by atoms with Gasteiger partial charge in [0.2, 0.25) is 0 Å². The second kappa shape index (κ2) is 15.3. The van der Waals surface area contributed by atoms with Crippen LogP contribution in [0.3, 0.4) is 0 Å². The molecule has 0 N–H and O–H groups in total. The van der Waals surface area contributed by atoms with E-state index >= 15 is 0 Å². The van der Waals surface area contributed by atoms with Crippen molar-refractivity contribution in [2.24, 2.45) is 0 Å². The molecule has 33 heavy (non-hydrogen) atoms. The van der Waals surface area contributed by atoms with E-state index < -0.39 is 11.9 Å². The molecule has 5 nitrogen and oxygen atoms in total. The average Bonchev–Trinajstić information content (AvgIpc) is 3.16. The van der Waals surface area contributed by atoms with Crippen LogP contribution >= 0.6 is 11.8 Å². The maximum Gasteiger partial charge on any atom is 0.433 e. The summed E-state index contributed by atoms with van der Waals surface area (Å²) in [4.78, 5) is 4.37. The summed E-state index contributed by atoms with van der Waals surface area (Å²) in [6.45, 7) is 7.31. The van der Waals surface area contributed by atoms with Gasteiger partial charge in [0, 0.05) is 25.8 Å². The lowest BCUT2D eigenvalue weighted by molar-refractivity contribution is -0.142. The maximum atomic E-state index is 13.5. The third kappa shape index (κ3) is 9.47. The Kier molecular flexibility index (Phi) is 14.2. The molecule has 0 spiro atoms. The number of alkyl halides is 3. The van der Waals surface area contributed by atoms with E-state index in [1.165, 1.54) is 18.9 Å². The van der Waals surface area contributed by atoms with E-state index in [1.54, 1.807) is 50.6 Å². The monoisotopic (exact) mass is 485 g/mol. The molecule has 0 bridgehead atoms. The second-order valence-electron chi connectivity index (χ2n) is 6.52. The highest BCUT2D eigenvalue weighted by molar-refractivity contribution is 7.99. The first kappa shape index (κ1) is 30.5. The molecule has 1 aromatic carbocycles. The van der Waals surface area contributed by atoms with E-state index in [9.17, 15) is 13.2 Å².